The summed E-state index contributed by atoms with van der Waals surface area (Å²) in [6.45, 7) is 4.05. The number of nitrogens with zero attached hydrogens (tertiary/aromatic N) is 1. The highest BCUT2D eigenvalue weighted by Gasteiger charge is 2.28. The van der Waals surface area contributed by atoms with E-state index in [2.05, 4.69) is 10.1 Å². The molecule has 0 saturated carbocycles. The number of amides is 1. The molecule has 1 rings (SSSR count). The molecule has 1 fully saturated rings. The van der Waals surface area contributed by atoms with E-state index in [4.69, 9.17) is 0 Å². The molecule has 1 aliphatic heterocycles. The lowest BCUT2D eigenvalue weighted by Crippen LogP contribution is -2.53. The van der Waals surface area contributed by atoms with Crippen LogP contribution in [0.2, 0.25) is 0 Å². The van der Waals surface area contributed by atoms with Crippen LogP contribution in [0, 0.1) is 5.92 Å². The molecule has 0 aromatic heterocycles. The minimum Gasteiger partial charge on any atom is -0.453 e. The zero-order valence-electron chi connectivity index (χ0n) is 7.83. The van der Waals surface area contributed by atoms with E-state index in [-0.39, 0.29) is 12.1 Å². The summed E-state index contributed by atoms with van der Waals surface area (Å²) in [6.07, 6.45) is -0.255. The molecule has 1 saturated heterocycles. The van der Waals surface area contributed by atoms with Gasteiger partial charge in [-0.05, 0) is 6.92 Å². The quantitative estimate of drug-likeness (QED) is 0.651. The maximum Gasteiger partial charge on any atom is 0.409 e. The molecule has 4 nitrogen and oxygen atoms in total. The van der Waals surface area contributed by atoms with Crippen LogP contribution in [0.5, 0.6) is 0 Å². The van der Waals surface area contributed by atoms with Gasteiger partial charge in [0.1, 0.15) is 0 Å². The van der Waals surface area contributed by atoms with Crippen molar-refractivity contribution in [1.29, 1.82) is 0 Å². The maximum absolute atomic E-state index is 11.1. The number of methoxy groups -OCH3 is 1. The molecular formula is C8H16N2O2. The van der Waals surface area contributed by atoms with Gasteiger partial charge in [-0.1, -0.05) is 0 Å². The lowest BCUT2D eigenvalue weighted by Gasteiger charge is -2.37. The number of nitrogens with one attached hydrogen (secondary N) is 1. The fraction of sp³-hybridized carbons (Fsp3) is 0.875. The molecule has 0 radical (unpaired) electrons. The topological polar surface area (TPSA) is 41.6 Å². The SMILES string of the molecule is COC(=O)N(C)C(C)C1CNC1. The average Bonchev–Trinajstić information content (AvgIpc) is 1.98. The van der Waals surface area contributed by atoms with Gasteiger partial charge in [-0.3, -0.25) is 0 Å². The van der Waals surface area contributed by atoms with E-state index in [1.165, 1.54) is 7.11 Å². The van der Waals surface area contributed by atoms with Gasteiger partial charge < -0.3 is 15.0 Å². The normalized spacial score (nSPS) is 19.6. The Kier molecular flexibility index (Phi) is 2.92. The third kappa shape index (κ3) is 1.69. The molecule has 0 aromatic rings. The van der Waals surface area contributed by atoms with Gasteiger partial charge in [0.25, 0.3) is 0 Å². The molecule has 1 atom stereocenters. The van der Waals surface area contributed by atoms with Crippen molar-refractivity contribution in [1.82, 2.24) is 10.2 Å². The van der Waals surface area contributed by atoms with Gasteiger partial charge in [-0.15, -0.1) is 0 Å². The molecule has 4 heteroatoms. The zero-order valence-corrected chi connectivity index (χ0v) is 7.83. The van der Waals surface area contributed by atoms with E-state index in [1.807, 2.05) is 6.92 Å². The molecule has 0 bridgehead atoms. The zero-order chi connectivity index (χ0) is 9.14. The van der Waals surface area contributed by atoms with Gasteiger partial charge in [-0.2, -0.15) is 0 Å². The van der Waals surface area contributed by atoms with Gasteiger partial charge >= 0.3 is 6.09 Å². The Labute approximate surface area is 72.9 Å². The van der Waals surface area contributed by atoms with E-state index < -0.39 is 0 Å². The molecule has 1 amide bonds. The molecule has 1 N–H and O–H groups in total. The second kappa shape index (κ2) is 3.76. The summed E-state index contributed by atoms with van der Waals surface area (Å²) in [7, 11) is 3.18. The van der Waals surface area contributed by atoms with E-state index in [1.54, 1.807) is 11.9 Å². The smallest absolute Gasteiger partial charge is 0.409 e. The second-order valence-corrected chi connectivity index (χ2v) is 3.24. The molecule has 1 aliphatic rings. The van der Waals surface area contributed by atoms with Gasteiger partial charge in [-0.25, -0.2) is 4.79 Å². The van der Waals surface area contributed by atoms with Crippen molar-refractivity contribution in [3.63, 3.8) is 0 Å². The maximum atomic E-state index is 11.1. The number of ether oxygens (including phenoxy) is 1. The molecular weight excluding hydrogens is 156 g/mol. The highest BCUT2D eigenvalue weighted by Crippen LogP contribution is 2.14. The third-order valence-electron chi connectivity index (χ3n) is 2.57. The monoisotopic (exact) mass is 172 g/mol. The van der Waals surface area contributed by atoms with Crippen LogP contribution >= 0.6 is 0 Å². The number of hydrogen-bond donors (Lipinski definition) is 1. The summed E-state index contributed by atoms with van der Waals surface area (Å²) in [4.78, 5) is 12.7. The fourth-order valence-electron chi connectivity index (χ4n) is 1.28. The number of rotatable bonds is 2. The first-order chi connectivity index (χ1) is 5.66. The Morgan fingerprint density at radius 3 is 2.58 bits per heavy atom. The molecule has 1 unspecified atom stereocenters. The number of carbonyl (C=O) groups is 1. The van der Waals surface area contributed by atoms with E-state index in [0.29, 0.717) is 5.92 Å². The summed E-state index contributed by atoms with van der Waals surface area (Å²) in [5.74, 6) is 0.578. The Morgan fingerprint density at radius 2 is 2.25 bits per heavy atom. The minimum atomic E-state index is -0.255. The largest absolute Gasteiger partial charge is 0.453 e. The first kappa shape index (κ1) is 9.32. The number of hydrogen-bond acceptors (Lipinski definition) is 3. The summed E-state index contributed by atoms with van der Waals surface area (Å²) in [6, 6.07) is 0.263. The van der Waals surface area contributed by atoms with E-state index in [0.717, 1.165) is 13.1 Å². The van der Waals surface area contributed by atoms with Crippen molar-refractivity contribution in [2.24, 2.45) is 5.92 Å². The summed E-state index contributed by atoms with van der Waals surface area (Å²) < 4.78 is 4.62. The third-order valence-corrected chi connectivity index (χ3v) is 2.57. The summed E-state index contributed by atoms with van der Waals surface area (Å²) in [5.41, 5.74) is 0. The van der Waals surface area contributed by atoms with Gasteiger partial charge in [0.15, 0.2) is 0 Å². The Morgan fingerprint density at radius 1 is 1.67 bits per heavy atom. The van der Waals surface area contributed by atoms with E-state index >= 15 is 0 Å². The minimum absolute atomic E-state index is 0.255. The molecule has 0 spiro atoms. The lowest BCUT2D eigenvalue weighted by atomic mass is 9.94. The first-order valence-electron chi connectivity index (χ1n) is 4.18. The molecule has 0 aliphatic carbocycles. The van der Waals surface area contributed by atoms with Crippen molar-refractivity contribution in [2.45, 2.75) is 13.0 Å². The second-order valence-electron chi connectivity index (χ2n) is 3.24. The predicted octanol–water partition coefficient (Wildman–Crippen LogP) is 0.292. The fourth-order valence-corrected chi connectivity index (χ4v) is 1.28. The van der Waals surface area contributed by atoms with Crippen molar-refractivity contribution in [3.8, 4) is 0 Å². The highest BCUT2D eigenvalue weighted by atomic mass is 16.5. The first-order valence-corrected chi connectivity index (χ1v) is 4.18. The molecule has 0 aromatic carbocycles. The summed E-state index contributed by atoms with van der Waals surface area (Å²) in [5, 5.41) is 3.18. The van der Waals surface area contributed by atoms with Crippen molar-refractivity contribution < 1.29 is 9.53 Å². The van der Waals surface area contributed by atoms with Crippen LogP contribution in [-0.2, 0) is 4.74 Å². The standard InChI is InChI=1S/C8H16N2O2/c1-6(7-4-9-5-7)10(2)8(11)12-3/h6-7,9H,4-5H2,1-3H3. The Hall–Kier alpha value is -0.770. The Balaban J connectivity index is 2.39. The van der Waals surface area contributed by atoms with Crippen LogP contribution in [-0.4, -0.2) is 44.3 Å². The molecule has 1 heterocycles. The van der Waals surface area contributed by atoms with Crippen LogP contribution in [0.3, 0.4) is 0 Å². The average molecular weight is 172 g/mol. The Bertz CT molecular complexity index is 168. The lowest BCUT2D eigenvalue weighted by molar-refractivity contribution is 0.0960. The predicted molar refractivity (Wildman–Crippen MR) is 46.0 cm³/mol. The van der Waals surface area contributed by atoms with Gasteiger partial charge in [0.05, 0.1) is 7.11 Å². The molecule has 12 heavy (non-hydrogen) atoms. The number of carbonyl (C=O) groups excluding carboxylic acids is 1. The van der Waals surface area contributed by atoms with Crippen molar-refractivity contribution in [2.75, 3.05) is 27.2 Å². The van der Waals surface area contributed by atoms with Crippen LogP contribution < -0.4 is 5.32 Å². The van der Waals surface area contributed by atoms with Crippen molar-refractivity contribution >= 4 is 6.09 Å². The van der Waals surface area contributed by atoms with Crippen molar-refractivity contribution in [3.05, 3.63) is 0 Å². The van der Waals surface area contributed by atoms with Gasteiger partial charge in [0, 0.05) is 32.1 Å². The van der Waals surface area contributed by atoms with Crippen LogP contribution in [0.4, 0.5) is 4.79 Å². The molecule has 70 valence electrons. The van der Waals surface area contributed by atoms with Crippen LogP contribution in [0.15, 0.2) is 0 Å². The summed E-state index contributed by atoms with van der Waals surface area (Å²) >= 11 is 0. The van der Waals surface area contributed by atoms with Gasteiger partial charge in [0.2, 0.25) is 0 Å². The highest BCUT2D eigenvalue weighted by molar-refractivity contribution is 5.67. The van der Waals surface area contributed by atoms with E-state index in [9.17, 15) is 4.79 Å². The van der Waals surface area contributed by atoms with Crippen LogP contribution in [0.25, 0.3) is 0 Å². The van der Waals surface area contributed by atoms with Crippen LogP contribution in [0.1, 0.15) is 6.92 Å².